The number of ether oxygens (including phenoxy) is 1. The number of nitrogens with zero attached hydrogens (tertiary/aromatic N) is 1. The summed E-state index contributed by atoms with van der Waals surface area (Å²) in [5, 5.41) is 11.0. The number of halogens is 1. The average molecular weight is 382 g/mol. The molecule has 126 valence electrons. The first kappa shape index (κ1) is 16.8. The summed E-state index contributed by atoms with van der Waals surface area (Å²) in [6, 6.07) is 7.89. The minimum absolute atomic E-state index is 0.0404. The molecule has 0 bridgehead atoms. The van der Waals surface area contributed by atoms with Crippen molar-refractivity contribution in [1.29, 1.82) is 0 Å². The van der Waals surface area contributed by atoms with Gasteiger partial charge in [-0.3, -0.25) is 0 Å². The molecule has 1 aromatic carbocycles. The molecule has 0 aromatic heterocycles. The second-order valence-corrected chi connectivity index (χ2v) is 8.97. The molecule has 1 N–H and O–H groups in total. The highest BCUT2D eigenvalue weighted by atomic mass is 79.9. The van der Waals surface area contributed by atoms with Crippen molar-refractivity contribution in [2.24, 2.45) is 5.41 Å². The van der Waals surface area contributed by atoms with Crippen LogP contribution < -0.4 is 0 Å². The largest absolute Gasteiger partial charge is 0.444 e. The van der Waals surface area contributed by atoms with Crippen LogP contribution >= 0.6 is 15.9 Å². The lowest BCUT2D eigenvalue weighted by molar-refractivity contribution is -0.0478. The van der Waals surface area contributed by atoms with Crippen molar-refractivity contribution < 1.29 is 14.6 Å². The van der Waals surface area contributed by atoms with Gasteiger partial charge in [0.15, 0.2) is 0 Å². The van der Waals surface area contributed by atoms with Crippen LogP contribution in [0.4, 0.5) is 4.79 Å². The molecule has 1 atom stereocenters. The number of hydrogen-bond donors (Lipinski definition) is 1. The predicted octanol–water partition coefficient (Wildman–Crippen LogP) is 4.06. The lowest BCUT2D eigenvalue weighted by Crippen LogP contribution is -2.58. The van der Waals surface area contributed by atoms with Crippen LogP contribution in [0.25, 0.3) is 0 Å². The maximum atomic E-state index is 12.1. The van der Waals surface area contributed by atoms with Crippen molar-refractivity contribution in [2.45, 2.75) is 51.2 Å². The van der Waals surface area contributed by atoms with E-state index in [1.165, 1.54) is 0 Å². The van der Waals surface area contributed by atoms with Crippen molar-refractivity contribution in [1.82, 2.24) is 4.90 Å². The van der Waals surface area contributed by atoms with E-state index in [4.69, 9.17) is 4.74 Å². The first-order valence-corrected chi connectivity index (χ1v) is 8.87. The molecule has 23 heavy (non-hydrogen) atoms. The molecule has 2 fully saturated rings. The van der Waals surface area contributed by atoms with Crippen molar-refractivity contribution in [3.63, 3.8) is 0 Å². The highest BCUT2D eigenvalue weighted by Gasteiger charge is 2.55. The minimum Gasteiger partial charge on any atom is -0.444 e. The molecule has 0 radical (unpaired) electrons. The van der Waals surface area contributed by atoms with Crippen molar-refractivity contribution in [2.75, 3.05) is 13.1 Å². The van der Waals surface area contributed by atoms with Gasteiger partial charge < -0.3 is 14.7 Å². The first-order chi connectivity index (χ1) is 10.6. The zero-order valence-electron chi connectivity index (χ0n) is 13.9. The summed E-state index contributed by atoms with van der Waals surface area (Å²) in [6.07, 6.45) is 2.15. The van der Waals surface area contributed by atoms with Gasteiger partial charge in [0.25, 0.3) is 0 Å². The molecular weight excluding hydrogens is 358 g/mol. The Hall–Kier alpha value is -1.07. The summed E-state index contributed by atoms with van der Waals surface area (Å²) in [6.45, 7) is 6.99. The quantitative estimate of drug-likeness (QED) is 0.797. The summed E-state index contributed by atoms with van der Waals surface area (Å²) in [5.41, 5.74) is -0.235. The zero-order valence-corrected chi connectivity index (χ0v) is 15.5. The lowest BCUT2D eigenvalue weighted by Gasteiger charge is -2.48. The lowest BCUT2D eigenvalue weighted by atomic mass is 9.76. The molecule has 5 heteroatoms. The molecular formula is C18H24BrNO3. The molecule has 1 aliphatic carbocycles. The normalized spacial score (nSPS) is 26.2. The third-order valence-corrected chi connectivity index (χ3v) is 5.35. The van der Waals surface area contributed by atoms with Gasteiger partial charge >= 0.3 is 6.09 Å². The van der Waals surface area contributed by atoms with Crippen LogP contribution in [0.2, 0.25) is 0 Å². The van der Waals surface area contributed by atoms with Gasteiger partial charge in [-0.1, -0.05) is 28.1 Å². The van der Waals surface area contributed by atoms with Crippen LogP contribution in [0.1, 0.15) is 45.6 Å². The molecule has 1 saturated heterocycles. The van der Waals surface area contributed by atoms with Gasteiger partial charge in [-0.2, -0.15) is 0 Å². The van der Waals surface area contributed by atoms with Crippen LogP contribution in [0.15, 0.2) is 28.7 Å². The van der Waals surface area contributed by atoms with E-state index in [0.29, 0.717) is 19.5 Å². The molecule has 1 spiro atoms. The average Bonchev–Trinajstić information content (AvgIpc) is 2.75. The number of carbonyl (C=O) groups is 1. The molecule has 2 aliphatic rings. The Balaban J connectivity index is 1.63. The summed E-state index contributed by atoms with van der Waals surface area (Å²) < 4.78 is 6.42. The summed E-state index contributed by atoms with van der Waals surface area (Å²) in [4.78, 5) is 13.8. The smallest absolute Gasteiger partial charge is 0.410 e. The SMILES string of the molecule is CC(C)(C)OC(=O)N1CC2(CCC(O)(c3ccc(Br)cc3)C2)C1. The van der Waals surface area contributed by atoms with Crippen LogP contribution in [0, 0.1) is 5.41 Å². The van der Waals surface area contributed by atoms with E-state index in [9.17, 15) is 9.90 Å². The van der Waals surface area contributed by atoms with Gasteiger partial charge in [0.2, 0.25) is 0 Å². The van der Waals surface area contributed by atoms with E-state index in [2.05, 4.69) is 15.9 Å². The van der Waals surface area contributed by atoms with Crippen LogP contribution in [0.5, 0.6) is 0 Å². The van der Waals surface area contributed by atoms with Crippen molar-refractivity contribution >= 4 is 22.0 Å². The second kappa shape index (κ2) is 5.49. The fourth-order valence-electron chi connectivity index (χ4n) is 3.76. The van der Waals surface area contributed by atoms with Gasteiger partial charge in [-0.25, -0.2) is 4.79 Å². The molecule has 1 saturated carbocycles. The van der Waals surface area contributed by atoms with E-state index in [1.54, 1.807) is 4.90 Å². The second-order valence-electron chi connectivity index (χ2n) is 8.05. The van der Waals surface area contributed by atoms with E-state index in [0.717, 1.165) is 22.9 Å². The highest BCUT2D eigenvalue weighted by molar-refractivity contribution is 9.10. The Morgan fingerprint density at radius 2 is 1.83 bits per heavy atom. The van der Waals surface area contributed by atoms with Gasteiger partial charge in [-0.05, 0) is 57.7 Å². The summed E-state index contributed by atoms with van der Waals surface area (Å²) in [7, 11) is 0. The maximum Gasteiger partial charge on any atom is 0.410 e. The topological polar surface area (TPSA) is 49.8 Å². The number of benzene rings is 1. The Bertz CT molecular complexity index is 602. The third kappa shape index (κ3) is 3.41. The molecule has 3 rings (SSSR count). The van der Waals surface area contributed by atoms with Gasteiger partial charge in [-0.15, -0.1) is 0 Å². The number of hydrogen-bond acceptors (Lipinski definition) is 3. The van der Waals surface area contributed by atoms with Crippen LogP contribution in [0.3, 0.4) is 0 Å². The number of rotatable bonds is 1. The Labute approximate surface area is 145 Å². The van der Waals surface area contributed by atoms with E-state index in [1.807, 2.05) is 45.0 Å². The Morgan fingerprint density at radius 3 is 2.39 bits per heavy atom. The highest BCUT2D eigenvalue weighted by Crippen LogP contribution is 2.54. The minimum atomic E-state index is -0.777. The Morgan fingerprint density at radius 1 is 1.22 bits per heavy atom. The molecule has 1 aromatic rings. The molecule has 1 heterocycles. The first-order valence-electron chi connectivity index (χ1n) is 8.07. The maximum absolute atomic E-state index is 12.1. The van der Waals surface area contributed by atoms with Gasteiger partial charge in [0.05, 0.1) is 5.60 Å². The number of carbonyl (C=O) groups excluding carboxylic acids is 1. The molecule has 1 aliphatic heterocycles. The van der Waals surface area contributed by atoms with E-state index in [-0.39, 0.29) is 11.5 Å². The zero-order chi connectivity index (χ0) is 16.9. The fraction of sp³-hybridized carbons (Fsp3) is 0.611. The number of aliphatic hydroxyl groups is 1. The predicted molar refractivity (Wildman–Crippen MR) is 92.1 cm³/mol. The third-order valence-electron chi connectivity index (χ3n) is 4.82. The fourth-order valence-corrected chi connectivity index (χ4v) is 4.03. The molecule has 1 amide bonds. The van der Waals surface area contributed by atoms with Crippen molar-refractivity contribution in [3.8, 4) is 0 Å². The van der Waals surface area contributed by atoms with Crippen molar-refractivity contribution in [3.05, 3.63) is 34.3 Å². The van der Waals surface area contributed by atoms with E-state index < -0.39 is 11.2 Å². The molecule has 4 nitrogen and oxygen atoms in total. The van der Waals surface area contributed by atoms with Crippen LogP contribution in [-0.4, -0.2) is 34.8 Å². The standard InChI is InChI=1S/C18H24BrNO3/c1-16(2,3)23-15(21)20-11-17(12-20)8-9-18(22,10-17)13-4-6-14(19)7-5-13/h4-7,22H,8-12H2,1-3H3. The number of amides is 1. The summed E-state index contributed by atoms with van der Waals surface area (Å²) in [5.74, 6) is 0. The van der Waals surface area contributed by atoms with E-state index >= 15 is 0 Å². The number of likely N-dealkylation sites (tertiary alicyclic amines) is 1. The Kier molecular flexibility index (Phi) is 4.00. The van der Waals surface area contributed by atoms with Crippen LogP contribution in [-0.2, 0) is 10.3 Å². The van der Waals surface area contributed by atoms with Gasteiger partial charge in [0.1, 0.15) is 5.60 Å². The summed E-state index contributed by atoms with van der Waals surface area (Å²) >= 11 is 3.43. The monoisotopic (exact) mass is 381 g/mol. The molecule has 1 unspecified atom stereocenters. The van der Waals surface area contributed by atoms with Gasteiger partial charge in [0, 0.05) is 23.0 Å².